The summed E-state index contributed by atoms with van der Waals surface area (Å²) in [6.07, 6.45) is 0.950. The lowest BCUT2D eigenvalue weighted by Crippen LogP contribution is -2.13. The number of carboxylic acids is 1. The fourth-order valence-corrected chi connectivity index (χ4v) is 1.53. The molecule has 2 rings (SSSR count). The summed E-state index contributed by atoms with van der Waals surface area (Å²) in [5.74, 6) is -2.68. The maximum Gasteiger partial charge on any atom is 0.338 e. The molecule has 1 heterocycles. The number of rotatable bonds is 3. The SMILES string of the molecule is Cc1cccc(F)c1NC(=O)c1cc(C(=O)O)co1. The quantitative estimate of drug-likeness (QED) is 0.892. The second-order valence-corrected chi connectivity index (χ2v) is 3.89. The van der Waals surface area contributed by atoms with E-state index >= 15 is 0 Å². The Kier molecular flexibility index (Phi) is 3.33. The van der Waals surface area contributed by atoms with Crippen LogP contribution in [0.5, 0.6) is 0 Å². The van der Waals surface area contributed by atoms with Crippen molar-refractivity contribution in [2.24, 2.45) is 0 Å². The van der Waals surface area contributed by atoms with Gasteiger partial charge in [-0.3, -0.25) is 4.79 Å². The molecule has 0 spiro atoms. The van der Waals surface area contributed by atoms with Gasteiger partial charge in [0.1, 0.15) is 12.1 Å². The van der Waals surface area contributed by atoms with Crippen LogP contribution in [0, 0.1) is 12.7 Å². The van der Waals surface area contributed by atoms with Gasteiger partial charge in [0.2, 0.25) is 0 Å². The van der Waals surface area contributed by atoms with E-state index in [9.17, 15) is 14.0 Å². The van der Waals surface area contributed by atoms with E-state index in [2.05, 4.69) is 5.32 Å². The summed E-state index contributed by atoms with van der Waals surface area (Å²) < 4.78 is 18.3. The number of carboxylic acid groups (broad SMARTS) is 1. The van der Waals surface area contributed by atoms with E-state index < -0.39 is 17.7 Å². The number of amides is 1. The van der Waals surface area contributed by atoms with Crippen LogP contribution in [-0.4, -0.2) is 17.0 Å². The molecule has 0 atom stereocenters. The molecule has 0 saturated heterocycles. The summed E-state index contributed by atoms with van der Waals surface area (Å²) in [7, 11) is 0. The lowest BCUT2D eigenvalue weighted by atomic mass is 10.2. The van der Waals surface area contributed by atoms with Crippen molar-refractivity contribution in [2.45, 2.75) is 6.92 Å². The van der Waals surface area contributed by atoms with Gasteiger partial charge in [-0.2, -0.15) is 0 Å². The third-order valence-corrected chi connectivity index (χ3v) is 2.53. The zero-order chi connectivity index (χ0) is 14.0. The van der Waals surface area contributed by atoms with Crippen molar-refractivity contribution in [2.75, 3.05) is 5.32 Å². The molecule has 19 heavy (non-hydrogen) atoms. The number of aromatic carboxylic acids is 1. The van der Waals surface area contributed by atoms with Crippen molar-refractivity contribution < 1.29 is 23.5 Å². The molecule has 98 valence electrons. The van der Waals surface area contributed by atoms with Gasteiger partial charge in [-0.1, -0.05) is 12.1 Å². The van der Waals surface area contributed by atoms with Crippen LogP contribution in [0.4, 0.5) is 10.1 Å². The molecule has 1 aromatic heterocycles. The van der Waals surface area contributed by atoms with Crippen molar-refractivity contribution in [1.29, 1.82) is 0 Å². The number of para-hydroxylation sites is 1. The summed E-state index contributed by atoms with van der Waals surface area (Å²) in [5.41, 5.74) is 0.453. The minimum atomic E-state index is -1.20. The van der Waals surface area contributed by atoms with E-state index in [1.807, 2.05) is 0 Å². The molecule has 0 radical (unpaired) electrons. The highest BCUT2D eigenvalue weighted by Gasteiger charge is 2.16. The van der Waals surface area contributed by atoms with Gasteiger partial charge in [-0.15, -0.1) is 0 Å². The Morgan fingerprint density at radius 3 is 2.68 bits per heavy atom. The number of benzene rings is 1. The zero-order valence-electron chi connectivity index (χ0n) is 9.94. The summed E-state index contributed by atoms with van der Waals surface area (Å²) in [5, 5.41) is 11.1. The van der Waals surface area contributed by atoms with Crippen molar-refractivity contribution >= 4 is 17.6 Å². The molecule has 1 aromatic carbocycles. The largest absolute Gasteiger partial charge is 0.478 e. The number of furan rings is 1. The summed E-state index contributed by atoms with van der Waals surface area (Å²) in [6.45, 7) is 1.64. The Bertz CT molecular complexity index is 628. The number of aryl methyl sites for hydroxylation is 1. The molecule has 0 unspecified atom stereocenters. The fraction of sp³-hybridized carbons (Fsp3) is 0.0769. The highest BCUT2D eigenvalue weighted by atomic mass is 19.1. The number of carbonyl (C=O) groups is 2. The second-order valence-electron chi connectivity index (χ2n) is 3.89. The molecule has 2 N–H and O–H groups in total. The molecule has 0 fully saturated rings. The van der Waals surface area contributed by atoms with Gasteiger partial charge < -0.3 is 14.8 Å². The van der Waals surface area contributed by atoms with E-state index in [4.69, 9.17) is 9.52 Å². The molecule has 6 heteroatoms. The van der Waals surface area contributed by atoms with Crippen LogP contribution < -0.4 is 5.32 Å². The third-order valence-electron chi connectivity index (χ3n) is 2.53. The van der Waals surface area contributed by atoms with Gasteiger partial charge in [0.25, 0.3) is 5.91 Å². The second kappa shape index (κ2) is 4.93. The molecule has 0 aliphatic rings. The zero-order valence-corrected chi connectivity index (χ0v) is 9.94. The first-order chi connectivity index (χ1) is 8.99. The van der Waals surface area contributed by atoms with Gasteiger partial charge in [0.05, 0.1) is 11.3 Å². The molecule has 0 saturated carbocycles. The van der Waals surface area contributed by atoms with E-state index in [1.54, 1.807) is 13.0 Å². The Morgan fingerprint density at radius 1 is 1.37 bits per heavy atom. The van der Waals surface area contributed by atoms with Gasteiger partial charge in [0.15, 0.2) is 5.76 Å². The topological polar surface area (TPSA) is 79.5 Å². The van der Waals surface area contributed by atoms with Crippen LogP contribution in [0.1, 0.15) is 26.5 Å². The smallest absolute Gasteiger partial charge is 0.338 e. The molecular weight excluding hydrogens is 253 g/mol. The Balaban J connectivity index is 2.23. The first-order valence-corrected chi connectivity index (χ1v) is 5.37. The van der Waals surface area contributed by atoms with Crippen LogP contribution in [-0.2, 0) is 0 Å². The fourth-order valence-electron chi connectivity index (χ4n) is 1.53. The Hall–Kier alpha value is -2.63. The van der Waals surface area contributed by atoms with Crippen LogP contribution >= 0.6 is 0 Å². The number of hydrogen-bond donors (Lipinski definition) is 2. The lowest BCUT2D eigenvalue weighted by Gasteiger charge is -2.07. The van der Waals surface area contributed by atoms with Crippen LogP contribution in [0.3, 0.4) is 0 Å². The normalized spacial score (nSPS) is 10.2. The van der Waals surface area contributed by atoms with Gasteiger partial charge >= 0.3 is 5.97 Å². The van der Waals surface area contributed by atoms with Gasteiger partial charge in [-0.25, -0.2) is 9.18 Å². The van der Waals surface area contributed by atoms with Crippen molar-refractivity contribution in [1.82, 2.24) is 0 Å². The average Bonchev–Trinajstić information content (AvgIpc) is 2.83. The van der Waals surface area contributed by atoms with Crippen molar-refractivity contribution in [3.8, 4) is 0 Å². The Labute approximate surface area is 107 Å². The van der Waals surface area contributed by atoms with Crippen molar-refractivity contribution in [3.63, 3.8) is 0 Å². The summed E-state index contributed by atoms with van der Waals surface area (Å²) >= 11 is 0. The number of nitrogens with one attached hydrogen (secondary N) is 1. The number of hydrogen-bond acceptors (Lipinski definition) is 3. The molecule has 2 aromatic rings. The predicted octanol–water partition coefficient (Wildman–Crippen LogP) is 2.68. The molecule has 0 bridgehead atoms. The molecule has 0 aliphatic heterocycles. The minimum Gasteiger partial charge on any atom is -0.478 e. The van der Waals surface area contributed by atoms with Crippen LogP contribution in [0.2, 0.25) is 0 Å². The standard InChI is InChI=1S/C13H10FNO4/c1-7-3-2-4-9(14)11(7)15-12(16)10-5-8(6-19-10)13(17)18/h2-6H,1H3,(H,15,16)(H,17,18). The minimum absolute atomic E-state index is 0.0424. The molecule has 5 nitrogen and oxygen atoms in total. The highest BCUT2D eigenvalue weighted by Crippen LogP contribution is 2.20. The van der Waals surface area contributed by atoms with Gasteiger partial charge in [0, 0.05) is 6.07 Å². The maximum atomic E-state index is 13.5. The first-order valence-electron chi connectivity index (χ1n) is 5.37. The number of halogens is 1. The lowest BCUT2D eigenvalue weighted by molar-refractivity contribution is 0.0696. The number of anilines is 1. The summed E-state index contributed by atoms with van der Waals surface area (Å²) in [6, 6.07) is 5.46. The number of carbonyl (C=O) groups excluding carboxylic acids is 1. The van der Waals surface area contributed by atoms with Crippen molar-refractivity contribution in [3.05, 3.63) is 53.2 Å². The maximum absolute atomic E-state index is 13.5. The third kappa shape index (κ3) is 2.62. The first kappa shape index (κ1) is 12.8. The van der Waals surface area contributed by atoms with E-state index in [1.165, 1.54) is 12.1 Å². The summed E-state index contributed by atoms with van der Waals surface area (Å²) in [4.78, 5) is 22.4. The molecular formula is C13H10FNO4. The average molecular weight is 263 g/mol. The molecule has 1 amide bonds. The monoisotopic (exact) mass is 263 g/mol. The van der Waals surface area contributed by atoms with E-state index in [0.717, 1.165) is 12.3 Å². The predicted molar refractivity (Wildman–Crippen MR) is 64.8 cm³/mol. The van der Waals surface area contributed by atoms with Crippen LogP contribution in [0.25, 0.3) is 0 Å². The molecule has 0 aliphatic carbocycles. The van der Waals surface area contributed by atoms with E-state index in [-0.39, 0.29) is 17.0 Å². The van der Waals surface area contributed by atoms with E-state index in [0.29, 0.717) is 5.56 Å². The van der Waals surface area contributed by atoms with Gasteiger partial charge in [-0.05, 0) is 18.6 Å². The highest BCUT2D eigenvalue weighted by molar-refractivity contribution is 6.04. The van der Waals surface area contributed by atoms with Crippen LogP contribution in [0.15, 0.2) is 34.9 Å². The Morgan fingerprint density at radius 2 is 2.11 bits per heavy atom.